The number of primary amides is 1. The molecule has 2 aliphatic rings. The summed E-state index contributed by atoms with van der Waals surface area (Å²) in [5.74, 6) is -0.422. The molecular weight excluding hydrogens is 380 g/mol. The maximum atomic E-state index is 12.7. The summed E-state index contributed by atoms with van der Waals surface area (Å²) in [6.45, 7) is 2.50. The Kier molecular flexibility index (Phi) is 6.56. The van der Waals surface area contributed by atoms with Gasteiger partial charge in [0.15, 0.2) is 0 Å². The number of hydrogen-bond donors (Lipinski definition) is 2. The first-order valence-corrected chi connectivity index (χ1v) is 11.4. The minimum atomic E-state index is -3.29. The highest BCUT2D eigenvalue weighted by Crippen LogP contribution is 2.27. The summed E-state index contributed by atoms with van der Waals surface area (Å²) >= 11 is 0. The number of carbonyl (C=O) groups is 2. The van der Waals surface area contributed by atoms with Gasteiger partial charge in [-0.1, -0.05) is 6.07 Å². The fourth-order valence-electron chi connectivity index (χ4n) is 3.80. The maximum absolute atomic E-state index is 12.7. The average molecular weight is 409 g/mol. The second kappa shape index (κ2) is 8.91. The zero-order valence-electron chi connectivity index (χ0n) is 16.0. The number of carbonyl (C=O) groups excluding carboxylic acids is 2. The van der Waals surface area contributed by atoms with E-state index in [0.717, 1.165) is 25.8 Å². The highest BCUT2D eigenvalue weighted by Gasteiger charge is 2.28. The standard InChI is InChI=1S/C19H28N4O4S/c20-18(24)8-11-22-9-4-5-15(14-22)19(25)21-16-6-3-7-17(13-16)23-10-1-2-12-28(23,26)27/h3,6-7,13,15H,1-2,4-5,8-12,14H2,(H2,20,24)(H,21,25)/t15-/m1/s1. The molecule has 1 aromatic rings. The summed E-state index contributed by atoms with van der Waals surface area (Å²) in [7, 11) is -3.29. The zero-order chi connectivity index (χ0) is 20.1. The lowest BCUT2D eigenvalue weighted by Crippen LogP contribution is -2.41. The Morgan fingerprint density at radius 1 is 1.18 bits per heavy atom. The van der Waals surface area contributed by atoms with Gasteiger partial charge in [-0.05, 0) is 50.4 Å². The Balaban J connectivity index is 1.63. The molecule has 3 N–H and O–H groups in total. The van der Waals surface area contributed by atoms with E-state index in [1.807, 2.05) is 0 Å². The van der Waals surface area contributed by atoms with E-state index < -0.39 is 10.0 Å². The van der Waals surface area contributed by atoms with E-state index >= 15 is 0 Å². The molecular formula is C19H28N4O4S. The molecule has 0 aromatic heterocycles. The van der Waals surface area contributed by atoms with Gasteiger partial charge in [-0.2, -0.15) is 0 Å². The molecule has 0 radical (unpaired) electrons. The van der Waals surface area contributed by atoms with Crippen molar-refractivity contribution >= 4 is 33.2 Å². The molecule has 2 saturated heterocycles. The number of benzene rings is 1. The molecule has 2 heterocycles. The van der Waals surface area contributed by atoms with Crippen LogP contribution < -0.4 is 15.4 Å². The number of anilines is 2. The molecule has 154 valence electrons. The molecule has 2 aliphatic heterocycles. The van der Waals surface area contributed by atoms with Gasteiger partial charge in [-0.15, -0.1) is 0 Å². The summed E-state index contributed by atoms with van der Waals surface area (Å²) in [6, 6.07) is 7.00. The fourth-order valence-corrected chi connectivity index (χ4v) is 5.43. The highest BCUT2D eigenvalue weighted by molar-refractivity contribution is 7.92. The molecule has 0 spiro atoms. The van der Waals surface area contributed by atoms with E-state index in [0.29, 0.717) is 43.9 Å². The number of nitrogens with one attached hydrogen (secondary N) is 1. The van der Waals surface area contributed by atoms with Gasteiger partial charge < -0.3 is 16.0 Å². The number of amides is 2. The first-order chi connectivity index (χ1) is 13.3. The molecule has 2 fully saturated rings. The summed E-state index contributed by atoms with van der Waals surface area (Å²) in [6.07, 6.45) is 3.49. The number of hydrogen-bond acceptors (Lipinski definition) is 5. The largest absolute Gasteiger partial charge is 0.370 e. The third kappa shape index (κ3) is 5.23. The summed E-state index contributed by atoms with van der Waals surface area (Å²) in [5, 5.41) is 2.93. The Hall–Kier alpha value is -2.13. The monoisotopic (exact) mass is 408 g/mol. The van der Waals surface area contributed by atoms with Crippen molar-refractivity contribution < 1.29 is 18.0 Å². The molecule has 1 aromatic carbocycles. The minimum absolute atomic E-state index is 0.0811. The molecule has 2 amide bonds. The van der Waals surface area contributed by atoms with E-state index in [-0.39, 0.29) is 23.5 Å². The van der Waals surface area contributed by atoms with Crippen LogP contribution in [0.5, 0.6) is 0 Å². The predicted octanol–water partition coefficient (Wildman–Crippen LogP) is 1.14. The molecule has 0 aliphatic carbocycles. The van der Waals surface area contributed by atoms with Crippen molar-refractivity contribution in [2.24, 2.45) is 11.7 Å². The fraction of sp³-hybridized carbons (Fsp3) is 0.579. The van der Waals surface area contributed by atoms with Crippen LogP contribution >= 0.6 is 0 Å². The van der Waals surface area contributed by atoms with Crippen molar-refractivity contribution in [2.45, 2.75) is 32.1 Å². The van der Waals surface area contributed by atoms with Gasteiger partial charge in [-0.3, -0.25) is 13.9 Å². The molecule has 8 nitrogen and oxygen atoms in total. The smallest absolute Gasteiger partial charge is 0.235 e. The molecule has 0 unspecified atom stereocenters. The molecule has 1 atom stereocenters. The van der Waals surface area contributed by atoms with Crippen LogP contribution in [-0.2, 0) is 19.6 Å². The number of nitrogens with two attached hydrogens (primary N) is 1. The SMILES string of the molecule is NC(=O)CCN1CCC[C@@H](C(=O)Nc2cccc(N3CCCCS3(=O)=O)c2)C1. The third-order valence-electron chi connectivity index (χ3n) is 5.30. The number of piperidine rings is 1. The van der Waals surface area contributed by atoms with E-state index in [1.165, 1.54) is 4.31 Å². The normalized spacial score (nSPS) is 22.6. The number of sulfonamides is 1. The summed E-state index contributed by atoms with van der Waals surface area (Å²) < 4.78 is 26.0. The molecule has 0 bridgehead atoms. The van der Waals surface area contributed by atoms with E-state index in [9.17, 15) is 18.0 Å². The number of likely N-dealkylation sites (tertiary alicyclic amines) is 1. The Bertz CT molecular complexity index is 827. The summed E-state index contributed by atoms with van der Waals surface area (Å²) in [5.41, 5.74) is 6.39. The van der Waals surface area contributed by atoms with Crippen molar-refractivity contribution in [1.82, 2.24) is 4.90 Å². The van der Waals surface area contributed by atoms with Gasteiger partial charge in [0.05, 0.1) is 17.4 Å². The summed E-state index contributed by atoms with van der Waals surface area (Å²) in [4.78, 5) is 25.8. The number of nitrogens with zero attached hydrogens (tertiary/aromatic N) is 2. The van der Waals surface area contributed by atoms with Crippen molar-refractivity contribution in [1.29, 1.82) is 0 Å². The van der Waals surface area contributed by atoms with Gasteiger partial charge in [0.2, 0.25) is 21.8 Å². The predicted molar refractivity (Wildman–Crippen MR) is 108 cm³/mol. The van der Waals surface area contributed by atoms with Crippen molar-refractivity contribution in [3.63, 3.8) is 0 Å². The molecule has 0 saturated carbocycles. The Morgan fingerprint density at radius 3 is 2.75 bits per heavy atom. The molecule has 3 rings (SSSR count). The first-order valence-electron chi connectivity index (χ1n) is 9.77. The van der Waals surface area contributed by atoms with E-state index in [4.69, 9.17) is 5.73 Å². The van der Waals surface area contributed by atoms with Crippen LogP contribution in [-0.4, -0.2) is 57.1 Å². The third-order valence-corrected chi connectivity index (χ3v) is 7.17. The number of rotatable bonds is 6. The quantitative estimate of drug-likeness (QED) is 0.733. The van der Waals surface area contributed by atoms with Gasteiger partial charge in [0.25, 0.3) is 0 Å². The van der Waals surface area contributed by atoms with Crippen molar-refractivity contribution in [3.8, 4) is 0 Å². The van der Waals surface area contributed by atoms with Crippen LogP contribution in [0.1, 0.15) is 32.1 Å². The van der Waals surface area contributed by atoms with Crippen LogP contribution in [0.2, 0.25) is 0 Å². The lowest BCUT2D eigenvalue weighted by molar-refractivity contribution is -0.121. The molecule has 9 heteroatoms. The minimum Gasteiger partial charge on any atom is -0.370 e. The van der Waals surface area contributed by atoms with Gasteiger partial charge in [0.1, 0.15) is 0 Å². The highest BCUT2D eigenvalue weighted by atomic mass is 32.2. The van der Waals surface area contributed by atoms with Crippen molar-refractivity contribution in [3.05, 3.63) is 24.3 Å². The second-order valence-electron chi connectivity index (χ2n) is 7.49. The Morgan fingerprint density at radius 2 is 2.00 bits per heavy atom. The lowest BCUT2D eigenvalue weighted by Gasteiger charge is -2.32. The van der Waals surface area contributed by atoms with Gasteiger partial charge in [-0.25, -0.2) is 8.42 Å². The van der Waals surface area contributed by atoms with Crippen molar-refractivity contribution in [2.75, 3.05) is 41.6 Å². The van der Waals surface area contributed by atoms with Crippen LogP contribution in [0.15, 0.2) is 24.3 Å². The average Bonchev–Trinajstić information content (AvgIpc) is 2.66. The van der Waals surface area contributed by atoms with E-state index in [1.54, 1.807) is 24.3 Å². The van der Waals surface area contributed by atoms with E-state index in [2.05, 4.69) is 10.2 Å². The zero-order valence-corrected chi connectivity index (χ0v) is 16.8. The Labute approximate surface area is 166 Å². The van der Waals surface area contributed by atoms with Crippen LogP contribution in [0.3, 0.4) is 0 Å². The maximum Gasteiger partial charge on any atom is 0.235 e. The second-order valence-corrected chi connectivity index (χ2v) is 9.50. The first kappa shape index (κ1) is 20.6. The topological polar surface area (TPSA) is 113 Å². The van der Waals surface area contributed by atoms with Gasteiger partial charge >= 0.3 is 0 Å². The van der Waals surface area contributed by atoms with Crippen LogP contribution in [0.4, 0.5) is 11.4 Å². The van der Waals surface area contributed by atoms with Crippen LogP contribution in [0.25, 0.3) is 0 Å². The van der Waals surface area contributed by atoms with Crippen LogP contribution in [0, 0.1) is 5.92 Å². The molecule has 28 heavy (non-hydrogen) atoms. The van der Waals surface area contributed by atoms with Gasteiger partial charge in [0, 0.05) is 31.7 Å². The lowest BCUT2D eigenvalue weighted by atomic mass is 9.97.